The van der Waals surface area contributed by atoms with E-state index < -0.39 is 5.97 Å². The molecule has 3 heteroatoms. The third-order valence-electron chi connectivity index (χ3n) is 3.54. The summed E-state index contributed by atoms with van der Waals surface area (Å²) in [5.41, 5.74) is 2.11. The first-order chi connectivity index (χ1) is 7.24. The van der Waals surface area contributed by atoms with Gasteiger partial charge in [0.05, 0.1) is 19.1 Å². The summed E-state index contributed by atoms with van der Waals surface area (Å²) in [7, 11) is 0. The van der Waals surface area contributed by atoms with Gasteiger partial charge in [-0.1, -0.05) is 24.3 Å². The molecule has 0 saturated heterocycles. The molecule has 3 rings (SSSR count). The summed E-state index contributed by atoms with van der Waals surface area (Å²) in [6, 6.07) is 8.01. The zero-order valence-corrected chi connectivity index (χ0v) is 8.27. The van der Waals surface area contributed by atoms with Crippen LogP contribution < -0.4 is 0 Å². The quantitative estimate of drug-likeness (QED) is 0.755. The van der Waals surface area contributed by atoms with Gasteiger partial charge >= 0.3 is 5.97 Å². The maximum atomic E-state index is 11.0. The number of carboxylic acids is 1. The summed E-state index contributed by atoms with van der Waals surface area (Å²) in [4.78, 5) is 11.0. The van der Waals surface area contributed by atoms with Crippen molar-refractivity contribution >= 4 is 5.97 Å². The second kappa shape index (κ2) is 2.83. The molecular formula is C12H12O3. The minimum Gasteiger partial charge on any atom is -0.481 e. The maximum Gasteiger partial charge on any atom is 0.307 e. The molecule has 78 valence electrons. The molecule has 2 unspecified atom stereocenters. The number of carbonyl (C=O) groups is 1. The number of carboxylic acid groups (broad SMARTS) is 1. The van der Waals surface area contributed by atoms with Crippen LogP contribution in [0.4, 0.5) is 0 Å². The average Bonchev–Trinajstić information content (AvgIpc) is 2.95. The highest BCUT2D eigenvalue weighted by Gasteiger charge is 2.61. The summed E-state index contributed by atoms with van der Waals surface area (Å²) in [6.07, 6.45) is 0.722. The second-order valence-corrected chi connectivity index (χ2v) is 4.40. The van der Waals surface area contributed by atoms with Gasteiger partial charge in [-0.3, -0.25) is 4.79 Å². The van der Waals surface area contributed by atoms with Gasteiger partial charge in [-0.15, -0.1) is 0 Å². The van der Waals surface area contributed by atoms with Crippen LogP contribution in [0.2, 0.25) is 0 Å². The fourth-order valence-electron chi connectivity index (χ4n) is 2.64. The highest BCUT2D eigenvalue weighted by molar-refractivity contribution is 5.77. The van der Waals surface area contributed by atoms with Gasteiger partial charge in [0, 0.05) is 5.41 Å². The lowest BCUT2D eigenvalue weighted by atomic mass is 9.88. The zero-order chi connectivity index (χ0) is 10.5. The number of hydrogen-bond acceptors (Lipinski definition) is 2. The lowest BCUT2D eigenvalue weighted by molar-refractivity contribution is -0.139. The highest BCUT2D eigenvalue weighted by Crippen LogP contribution is 2.57. The highest BCUT2D eigenvalue weighted by atomic mass is 16.5. The molecular weight excluding hydrogens is 192 g/mol. The van der Waals surface area contributed by atoms with Gasteiger partial charge in [-0.25, -0.2) is 0 Å². The summed E-state index contributed by atoms with van der Waals surface area (Å²) >= 11 is 0. The van der Waals surface area contributed by atoms with Gasteiger partial charge in [-0.2, -0.15) is 0 Å². The van der Waals surface area contributed by atoms with Crippen LogP contribution in [0.25, 0.3) is 0 Å². The van der Waals surface area contributed by atoms with Crippen molar-refractivity contribution in [3.05, 3.63) is 35.4 Å². The third-order valence-corrected chi connectivity index (χ3v) is 3.54. The van der Waals surface area contributed by atoms with E-state index in [4.69, 9.17) is 9.84 Å². The first-order valence-corrected chi connectivity index (χ1v) is 5.13. The predicted octanol–water partition coefficient (Wildman–Crippen LogP) is 1.56. The molecule has 15 heavy (non-hydrogen) atoms. The number of rotatable bonds is 1. The smallest absolute Gasteiger partial charge is 0.307 e. The van der Waals surface area contributed by atoms with Crippen molar-refractivity contribution in [2.75, 3.05) is 6.61 Å². The Morgan fingerprint density at radius 2 is 2.27 bits per heavy atom. The molecule has 1 spiro atoms. The molecule has 1 aromatic carbocycles. The number of aliphatic carboxylic acids is 1. The van der Waals surface area contributed by atoms with Crippen molar-refractivity contribution in [2.45, 2.75) is 18.4 Å². The zero-order valence-electron chi connectivity index (χ0n) is 8.27. The predicted molar refractivity (Wildman–Crippen MR) is 53.5 cm³/mol. The van der Waals surface area contributed by atoms with E-state index in [1.54, 1.807) is 0 Å². The number of hydrogen-bond donors (Lipinski definition) is 1. The first-order valence-electron chi connectivity index (χ1n) is 5.13. The van der Waals surface area contributed by atoms with E-state index in [1.165, 1.54) is 5.56 Å². The molecule has 0 aromatic heterocycles. The Labute approximate surface area is 87.7 Å². The summed E-state index contributed by atoms with van der Waals surface area (Å²) < 4.78 is 5.49. The van der Waals surface area contributed by atoms with Crippen LogP contribution in [0.5, 0.6) is 0 Å². The van der Waals surface area contributed by atoms with E-state index in [9.17, 15) is 4.79 Å². The lowest BCUT2D eigenvalue weighted by Gasteiger charge is -2.26. The molecule has 3 nitrogen and oxygen atoms in total. The molecule has 0 bridgehead atoms. The van der Waals surface area contributed by atoms with E-state index in [-0.39, 0.29) is 11.3 Å². The molecule has 1 aromatic rings. The molecule has 2 atom stereocenters. The van der Waals surface area contributed by atoms with Crippen LogP contribution in [0.3, 0.4) is 0 Å². The standard InChI is InChI=1S/C12H12O3/c13-11(14)10-5-12(10)7-15-6-8-3-1-2-4-9(8)12/h1-4,10H,5-7H2,(H,13,14). The minimum absolute atomic E-state index is 0.222. The van der Waals surface area contributed by atoms with Gasteiger partial charge in [0.2, 0.25) is 0 Å². The number of ether oxygens (including phenoxy) is 1. The minimum atomic E-state index is -0.699. The van der Waals surface area contributed by atoms with Crippen molar-refractivity contribution in [3.8, 4) is 0 Å². The molecule has 1 N–H and O–H groups in total. The molecule has 1 saturated carbocycles. The van der Waals surface area contributed by atoms with Crippen LogP contribution in [0, 0.1) is 5.92 Å². The van der Waals surface area contributed by atoms with Crippen molar-refractivity contribution in [2.24, 2.45) is 5.92 Å². The first kappa shape index (κ1) is 8.92. The van der Waals surface area contributed by atoms with Gasteiger partial charge < -0.3 is 9.84 Å². The van der Waals surface area contributed by atoms with Crippen molar-refractivity contribution in [1.29, 1.82) is 0 Å². The second-order valence-electron chi connectivity index (χ2n) is 4.40. The Kier molecular flexibility index (Phi) is 1.68. The Bertz CT molecular complexity index is 427. The Hall–Kier alpha value is -1.35. The summed E-state index contributed by atoms with van der Waals surface area (Å²) in [5.74, 6) is -0.950. The van der Waals surface area contributed by atoms with Crippen LogP contribution in [-0.4, -0.2) is 17.7 Å². The molecule has 1 aliphatic carbocycles. The fraction of sp³-hybridized carbons (Fsp3) is 0.417. The van der Waals surface area contributed by atoms with E-state index in [0.29, 0.717) is 13.2 Å². The van der Waals surface area contributed by atoms with Gasteiger partial charge in [0.25, 0.3) is 0 Å². The molecule has 1 aliphatic heterocycles. The number of fused-ring (bicyclic) bond motifs is 2. The maximum absolute atomic E-state index is 11.0. The Balaban J connectivity index is 2.05. The lowest BCUT2D eigenvalue weighted by Crippen LogP contribution is -2.27. The summed E-state index contributed by atoms with van der Waals surface area (Å²) in [6.45, 7) is 1.17. The van der Waals surface area contributed by atoms with Crippen molar-refractivity contribution in [1.82, 2.24) is 0 Å². The molecule has 0 radical (unpaired) electrons. The van der Waals surface area contributed by atoms with Gasteiger partial charge in [0.15, 0.2) is 0 Å². The van der Waals surface area contributed by atoms with E-state index in [1.807, 2.05) is 24.3 Å². The molecule has 1 fully saturated rings. The van der Waals surface area contributed by atoms with Crippen LogP contribution in [0.15, 0.2) is 24.3 Å². The van der Waals surface area contributed by atoms with Crippen LogP contribution in [-0.2, 0) is 21.6 Å². The van der Waals surface area contributed by atoms with Crippen LogP contribution >= 0.6 is 0 Å². The topological polar surface area (TPSA) is 46.5 Å². The largest absolute Gasteiger partial charge is 0.481 e. The number of benzene rings is 1. The molecule has 2 aliphatic rings. The van der Waals surface area contributed by atoms with Gasteiger partial charge in [0.1, 0.15) is 0 Å². The SMILES string of the molecule is O=C(O)C1CC12COCc1ccccc12. The van der Waals surface area contributed by atoms with E-state index in [2.05, 4.69) is 0 Å². The van der Waals surface area contributed by atoms with Gasteiger partial charge in [-0.05, 0) is 17.5 Å². The molecule has 1 heterocycles. The Morgan fingerprint density at radius 1 is 1.47 bits per heavy atom. The van der Waals surface area contributed by atoms with E-state index in [0.717, 1.165) is 12.0 Å². The fourth-order valence-corrected chi connectivity index (χ4v) is 2.64. The third kappa shape index (κ3) is 1.13. The van der Waals surface area contributed by atoms with E-state index >= 15 is 0 Å². The average molecular weight is 204 g/mol. The normalized spacial score (nSPS) is 32.4. The van der Waals surface area contributed by atoms with Crippen molar-refractivity contribution in [3.63, 3.8) is 0 Å². The van der Waals surface area contributed by atoms with Crippen molar-refractivity contribution < 1.29 is 14.6 Å². The van der Waals surface area contributed by atoms with Crippen LogP contribution in [0.1, 0.15) is 17.5 Å². The molecule has 0 amide bonds. The Morgan fingerprint density at radius 3 is 3.00 bits per heavy atom. The monoisotopic (exact) mass is 204 g/mol. The summed E-state index contributed by atoms with van der Waals surface area (Å²) in [5, 5.41) is 9.04.